The van der Waals surface area contributed by atoms with Crippen LogP contribution in [0.15, 0.2) is 16.9 Å². The summed E-state index contributed by atoms with van der Waals surface area (Å²) in [6.07, 6.45) is 3.87. The molecular formula is C15H21N3O4. The number of methoxy groups -OCH3 is 1. The van der Waals surface area contributed by atoms with E-state index < -0.39 is 17.4 Å². The zero-order chi connectivity index (χ0) is 16.2. The van der Waals surface area contributed by atoms with E-state index >= 15 is 0 Å². The quantitative estimate of drug-likeness (QED) is 0.820. The molecule has 1 N–H and O–H groups in total. The van der Waals surface area contributed by atoms with Gasteiger partial charge in [-0.05, 0) is 25.8 Å². The average Bonchev–Trinajstić information content (AvgIpc) is 2.51. The minimum atomic E-state index is -0.975. The summed E-state index contributed by atoms with van der Waals surface area (Å²) < 4.78 is 5.94. The summed E-state index contributed by atoms with van der Waals surface area (Å²) in [5, 5.41) is 6.79. The van der Waals surface area contributed by atoms with Gasteiger partial charge < -0.3 is 10.1 Å². The predicted octanol–water partition coefficient (Wildman–Crippen LogP) is 0.544. The van der Waals surface area contributed by atoms with Gasteiger partial charge in [-0.15, -0.1) is 0 Å². The van der Waals surface area contributed by atoms with E-state index in [2.05, 4.69) is 10.4 Å². The van der Waals surface area contributed by atoms with E-state index in [0.29, 0.717) is 18.5 Å². The van der Waals surface area contributed by atoms with Crippen molar-refractivity contribution in [2.24, 2.45) is 0 Å². The van der Waals surface area contributed by atoms with E-state index in [1.807, 2.05) is 0 Å². The number of carbonyl (C=O) groups excluding carboxylic acids is 2. The van der Waals surface area contributed by atoms with Gasteiger partial charge in [0.2, 0.25) is 5.91 Å². The number of amides is 1. The molecule has 0 atom stereocenters. The minimum absolute atomic E-state index is 0.209. The smallest absolute Gasteiger partial charge is 0.331 e. The van der Waals surface area contributed by atoms with Crippen LogP contribution in [0.25, 0.3) is 0 Å². The Morgan fingerprint density at radius 3 is 2.64 bits per heavy atom. The number of rotatable bonds is 4. The summed E-state index contributed by atoms with van der Waals surface area (Å²) in [4.78, 5) is 36.0. The molecule has 7 nitrogen and oxygen atoms in total. The van der Waals surface area contributed by atoms with Crippen LogP contribution >= 0.6 is 0 Å². The number of hydrogen-bond donors (Lipinski definition) is 1. The molecular weight excluding hydrogens is 286 g/mol. The van der Waals surface area contributed by atoms with Crippen LogP contribution in [0.1, 0.15) is 37.8 Å². The van der Waals surface area contributed by atoms with Crippen LogP contribution in [0.4, 0.5) is 0 Å². The second-order valence-corrected chi connectivity index (χ2v) is 5.65. The Bertz CT molecular complexity index is 617. The van der Waals surface area contributed by atoms with Crippen LogP contribution in [-0.4, -0.2) is 34.3 Å². The molecule has 120 valence electrons. The second-order valence-electron chi connectivity index (χ2n) is 5.65. The van der Waals surface area contributed by atoms with Gasteiger partial charge in [-0.2, -0.15) is 5.10 Å². The van der Waals surface area contributed by atoms with Crippen LogP contribution in [0.2, 0.25) is 0 Å². The molecule has 0 aromatic carbocycles. The first kappa shape index (κ1) is 16.2. The lowest BCUT2D eigenvalue weighted by Gasteiger charge is -2.35. The van der Waals surface area contributed by atoms with E-state index in [1.165, 1.54) is 13.2 Å². The lowest BCUT2D eigenvalue weighted by atomic mass is 9.81. The van der Waals surface area contributed by atoms with Crippen LogP contribution in [0.5, 0.6) is 0 Å². The van der Waals surface area contributed by atoms with E-state index in [0.717, 1.165) is 23.9 Å². The minimum Gasteiger partial charge on any atom is -0.467 e. The van der Waals surface area contributed by atoms with E-state index in [-0.39, 0.29) is 12.1 Å². The van der Waals surface area contributed by atoms with Crippen molar-refractivity contribution in [2.75, 3.05) is 7.11 Å². The van der Waals surface area contributed by atoms with E-state index in [4.69, 9.17) is 4.74 Å². The van der Waals surface area contributed by atoms with Crippen molar-refractivity contribution in [1.29, 1.82) is 0 Å². The summed E-state index contributed by atoms with van der Waals surface area (Å²) in [6, 6.07) is 2.96. The van der Waals surface area contributed by atoms with Gasteiger partial charge in [0.15, 0.2) is 0 Å². The highest BCUT2D eigenvalue weighted by Crippen LogP contribution is 2.29. The molecule has 1 amide bonds. The number of ether oxygens (including phenoxy) is 1. The number of esters is 1. The number of aryl methyl sites for hydroxylation is 1. The highest BCUT2D eigenvalue weighted by molar-refractivity contribution is 5.88. The molecule has 1 aliphatic rings. The molecule has 7 heteroatoms. The van der Waals surface area contributed by atoms with Crippen molar-refractivity contribution in [1.82, 2.24) is 15.1 Å². The lowest BCUT2D eigenvalue weighted by molar-refractivity contribution is -0.152. The molecule has 22 heavy (non-hydrogen) atoms. The van der Waals surface area contributed by atoms with Crippen molar-refractivity contribution in [3.8, 4) is 0 Å². The number of carbonyl (C=O) groups is 2. The fourth-order valence-corrected chi connectivity index (χ4v) is 2.84. The van der Waals surface area contributed by atoms with Crippen LogP contribution < -0.4 is 10.9 Å². The van der Waals surface area contributed by atoms with Crippen molar-refractivity contribution >= 4 is 11.9 Å². The Hall–Kier alpha value is -2.18. The van der Waals surface area contributed by atoms with Crippen molar-refractivity contribution in [2.45, 2.75) is 51.1 Å². The average molecular weight is 307 g/mol. The van der Waals surface area contributed by atoms with E-state index in [9.17, 15) is 14.4 Å². The molecule has 1 heterocycles. The van der Waals surface area contributed by atoms with Gasteiger partial charge in [0, 0.05) is 6.07 Å². The molecule has 1 saturated carbocycles. The largest absolute Gasteiger partial charge is 0.467 e. The van der Waals surface area contributed by atoms with Gasteiger partial charge >= 0.3 is 5.97 Å². The Morgan fingerprint density at radius 1 is 1.32 bits per heavy atom. The molecule has 0 spiro atoms. The third-order valence-corrected chi connectivity index (χ3v) is 3.96. The maximum absolute atomic E-state index is 12.3. The topological polar surface area (TPSA) is 90.3 Å². The Labute approximate surface area is 128 Å². The first-order valence-corrected chi connectivity index (χ1v) is 7.41. The summed E-state index contributed by atoms with van der Waals surface area (Å²) in [7, 11) is 1.32. The molecule has 1 aromatic heterocycles. The molecule has 1 fully saturated rings. The third-order valence-electron chi connectivity index (χ3n) is 3.96. The number of aromatic nitrogens is 2. The van der Waals surface area contributed by atoms with Crippen LogP contribution in [-0.2, 0) is 20.9 Å². The number of hydrogen-bond acceptors (Lipinski definition) is 5. The third kappa shape index (κ3) is 3.52. The number of nitrogens with one attached hydrogen (secondary N) is 1. The Balaban J connectivity index is 2.13. The maximum atomic E-state index is 12.3. The standard InChI is InChI=1S/C15H21N3O4/c1-11-6-7-13(20)18(17-11)10-12(19)16-15(14(21)22-2)8-4-3-5-9-15/h6-7H,3-5,8-10H2,1-2H3,(H,16,19). The van der Waals surface area contributed by atoms with Crippen molar-refractivity contribution in [3.63, 3.8) is 0 Å². The molecule has 2 rings (SSSR count). The van der Waals surface area contributed by atoms with Gasteiger partial charge in [0.05, 0.1) is 12.8 Å². The zero-order valence-electron chi connectivity index (χ0n) is 12.9. The van der Waals surface area contributed by atoms with Gasteiger partial charge in [-0.3, -0.25) is 9.59 Å². The molecule has 0 radical (unpaired) electrons. The fraction of sp³-hybridized carbons (Fsp3) is 0.600. The zero-order valence-corrected chi connectivity index (χ0v) is 12.9. The Morgan fingerprint density at radius 2 is 2.00 bits per heavy atom. The van der Waals surface area contributed by atoms with Crippen molar-refractivity contribution in [3.05, 3.63) is 28.2 Å². The predicted molar refractivity (Wildman–Crippen MR) is 79.2 cm³/mol. The van der Waals surface area contributed by atoms with Gasteiger partial charge in [0.1, 0.15) is 12.1 Å². The molecule has 0 aliphatic heterocycles. The van der Waals surface area contributed by atoms with Gasteiger partial charge in [-0.1, -0.05) is 19.3 Å². The highest BCUT2D eigenvalue weighted by atomic mass is 16.5. The van der Waals surface area contributed by atoms with E-state index in [1.54, 1.807) is 13.0 Å². The molecule has 0 bridgehead atoms. The highest BCUT2D eigenvalue weighted by Gasteiger charge is 2.41. The van der Waals surface area contributed by atoms with Crippen LogP contribution in [0, 0.1) is 6.92 Å². The lowest BCUT2D eigenvalue weighted by Crippen LogP contribution is -2.57. The van der Waals surface area contributed by atoms with Gasteiger partial charge in [-0.25, -0.2) is 9.48 Å². The molecule has 1 aromatic rings. The summed E-state index contributed by atoms with van der Waals surface area (Å²) in [5.41, 5.74) is -0.679. The molecule has 0 unspecified atom stereocenters. The second kappa shape index (κ2) is 6.72. The monoisotopic (exact) mass is 307 g/mol. The first-order chi connectivity index (χ1) is 10.5. The normalized spacial score (nSPS) is 16.8. The van der Waals surface area contributed by atoms with Crippen LogP contribution in [0.3, 0.4) is 0 Å². The first-order valence-electron chi connectivity index (χ1n) is 7.41. The molecule has 1 aliphatic carbocycles. The van der Waals surface area contributed by atoms with Crippen molar-refractivity contribution < 1.29 is 14.3 Å². The number of nitrogens with zero attached hydrogens (tertiary/aromatic N) is 2. The Kier molecular flexibility index (Phi) is 4.95. The molecule has 0 saturated heterocycles. The van der Waals surface area contributed by atoms with Gasteiger partial charge in [0.25, 0.3) is 5.56 Å². The summed E-state index contributed by atoms with van der Waals surface area (Å²) in [5.74, 6) is -0.836. The summed E-state index contributed by atoms with van der Waals surface area (Å²) >= 11 is 0. The fourth-order valence-electron chi connectivity index (χ4n) is 2.84. The summed E-state index contributed by atoms with van der Waals surface area (Å²) in [6.45, 7) is 1.53. The SMILES string of the molecule is COC(=O)C1(NC(=O)Cn2nc(C)ccc2=O)CCCCC1. The maximum Gasteiger partial charge on any atom is 0.331 e.